The molecule has 0 bridgehead atoms. The number of aryl methyl sites for hydroxylation is 1. The molecular weight excluding hydrogens is 590 g/mol. The molecule has 0 aliphatic carbocycles. The van der Waals surface area contributed by atoms with E-state index in [1.807, 2.05) is 18.2 Å². The number of rotatable bonds is 9. The molecule has 5 rings (SSSR count). The smallest absolute Gasteiger partial charge is 0.291 e. The molecule has 4 aromatic rings. The van der Waals surface area contributed by atoms with Gasteiger partial charge in [-0.15, -0.1) is 0 Å². The van der Waals surface area contributed by atoms with Gasteiger partial charge in [0.25, 0.3) is 11.8 Å². The Kier molecular flexibility index (Phi) is 8.53. The van der Waals surface area contributed by atoms with Gasteiger partial charge >= 0.3 is 0 Å². The lowest BCUT2D eigenvalue weighted by molar-refractivity contribution is 0.0950. The van der Waals surface area contributed by atoms with Crippen LogP contribution in [0.2, 0.25) is 0 Å². The number of piperazine rings is 1. The molecule has 0 saturated carbocycles. The van der Waals surface area contributed by atoms with Crippen molar-refractivity contribution in [3.63, 3.8) is 0 Å². The van der Waals surface area contributed by atoms with E-state index in [1.165, 1.54) is 28.0 Å². The Bertz CT molecular complexity index is 1520. The van der Waals surface area contributed by atoms with Crippen molar-refractivity contribution in [2.75, 3.05) is 47.8 Å². The molecule has 2 aromatic heterocycles. The van der Waals surface area contributed by atoms with E-state index in [-0.39, 0.29) is 23.4 Å². The number of para-hydroxylation sites is 1. The molecule has 0 radical (unpaired) electrons. The number of carbonyl (C=O) groups excluding carboxylic acids is 2. The predicted molar refractivity (Wildman–Crippen MR) is 161 cm³/mol. The van der Waals surface area contributed by atoms with Gasteiger partial charge in [0.2, 0.25) is 0 Å². The zero-order chi connectivity index (χ0) is 28.9. The Morgan fingerprint density at radius 1 is 0.878 bits per heavy atom. The van der Waals surface area contributed by atoms with Crippen molar-refractivity contribution in [2.45, 2.75) is 19.9 Å². The number of amides is 2. The van der Waals surface area contributed by atoms with Gasteiger partial charge in [-0.3, -0.25) is 14.2 Å². The lowest BCUT2D eigenvalue weighted by Crippen LogP contribution is -2.47. The summed E-state index contributed by atoms with van der Waals surface area (Å²) in [5.74, 6) is -0.627. The molecule has 41 heavy (non-hydrogen) atoms. The van der Waals surface area contributed by atoms with E-state index in [4.69, 9.17) is 4.42 Å². The highest BCUT2D eigenvalue weighted by molar-refractivity contribution is 9.10. The molecule has 2 aromatic carbocycles. The van der Waals surface area contributed by atoms with Crippen LogP contribution in [0.4, 0.5) is 17.1 Å². The first-order valence-electron chi connectivity index (χ1n) is 13.4. The maximum atomic E-state index is 13.0. The van der Waals surface area contributed by atoms with Gasteiger partial charge in [0.1, 0.15) is 0 Å². The molecule has 0 atom stereocenters. The third-order valence-electron chi connectivity index (χ3n) is 7.16. The summed E-state index contributed by atoms with van der Waals surface area (Å²) in [5.41, 5.74) is 4.19. The summed E-state index contributed by atoms with van der Waals surface area (Å²) in [4.78, 5) is 30.6. The lowest BCUT2D eigenvalue weighted by Gasteiger charge is -2.38. The first kappa shape index (κ1) is 28.2. The Hall–Kier alpha value is -4.38. The van der Waals surface area contributed by atoms with E-state index >= 15 is 0 Å². The Labute approximate surface area is 246 Å². The summed E-state index contributed by atoms with van der Waals surface area (Å²) >= 11 is 3.23. The topological polar surface area (TPSA) is 123 Å². The number of anilines is 3. The van der Waals surface area contributed by atoms with Crippen molar-refractivity contribution in [1.29, 1.82) is 0 Å². The normalized spacial score (nSPS) is 13.3. The third-order valence-corrected chi connectivity index (χ3v) is 7.59. The highest BCUT2D eigenvalue weighted by Gasteiger charge is 2.23. The van der Waals surface area contributed by atoms with Crippen molar-refractivity contribution in [3.8, 4) is 11.8 Å². The summed E-state index contributed by atoms with van der Waals surface area (Å²) in [6.07, 6.45) is 0.502. The predicted octanol–water partition coefficient (Wildman–Crippen LogP) is 4.96. The molecule has 1 aliphatic rings. The van der Waals surface area contributed by atoms with Crippen LogP contribution >= 0.6 is 15.9 Å². The number of benzene rings is 2. The van der Waals surface area contributed by atoms with Crippen molar-refractivity contribution < 1.29 is 24.2 Å². The maximum absolute atomic E-state index is 13.0. The fourth-order valence-corrected chi connectivity index (χ4v) is 5.30. The minimum atomic E-state index is -0.417. The van der Waals surface area contributed by atoms with Crippen molar-refractivity contribution in [1.82, 2.24) is 9.88 Å². The van der Waals surface area contributed by atoms with Crippen LogP contribution in [0.15, 0.2) is 75.8 Å². The number of hydrogen-bond acceptors (Lipinski definition) is 7. The zero-order valence-corrected chi connectivity index (χ0v) is 24.2. The third kappa shape index (κ3) is 6.51. The number of nitrogens with one attached hydrogen (secondary N) is 2. The second kappa shape index (κ2) is 12.4. The number of carbonyl (C=O) groups is 2. The molecule has 1 saturated heterocycles. The summed E-state index contributed by atoms with van der Waals surface area (Å²) in [5, 5.41) is 25.4. The highest BCUT2D eigenvalue weighted by Crippen LogP contribution is 2.31. The van der Waals surface area contributed by atoms with Crippen molar-refractivity contribution in [3.05, 3.63) is 88.3 Å². The average molecular weight is 623 g/mol. The van der Waals surface area contributed by atoms with Crippen LogP contribution in [0.5, 0.6) is 11.8 Å². The SMILES string of the molecule is Cc1ccccc1N1CCN(c2ccc(C(=O)NCCCn3c(O)ccc3O)cc2NC(=O)c2ccc(Br)o2)CC1. The van der Waals surface area contributed by atoms with Crippen LogP contribution in [0, 0.1) is 6.92 Å². The number of hydrogen-bond donors (Lipinski definition) is 4. The average Bonchev–Trinajstić information content (AvgIpc) is 3.55. The fourth-order valence-electron chi connectivity index (χ4n) is 5.00. The molecule has 1 aliphatic heterocycles. The van der Waals surface area contributed by atoms with Crippen molar-refractivity contribution >= 4 is 44.8 Å². The number of halogens is 1. The number of nitrogens with zero attached hydrogens (tertiary/aromatic N) is 3. The molecule has 2 amide bonds. The Morgan fingerprint density at radius 2 is 1.56 bits per heavy atom. The standard InChI is InChI=1S/C30H32BrN5O5/c1-20-5-2-3-6-23(20)34-15-17-35(18-16-34)24-8-7-21(19-22(24)33-30(40)25-9-10-26(31)41-25)29(39)32-13-4-14-36-27(37)11-12-28(36)38/h2-3,5-12,19,37-38H,4,13-18H2,1H3,(H,32,39)(H,33,40). The molecule has 10 nitrogen and oxygen atoms in total. The molecule has 0 unspecified atom stereocenters. The van der Waals surface area contributed by atoms with E-state index in [1.54, 1.807) is 24.3 Å². The van der Waals surface area contributed by atoms with Crippen molar-refractivity contribution in [2.24, 2.45) is 0 Å². The van der Waals surface area contributed by atoms with E-state index in [0.717, 1.165) is 31.9 Å². The van der Waals surface area contributed by atoms with Gasteiger partial charge in [-0.25, -0.2) is 0 Å². The van der Waals surface area contributed by atoms with E-state index in [9.17, 15) is 19.8 Å². The zero-order valence-electron chi connectivity index (χ0n) is 22.6. The number of aromatic hydroxyl groups is 2. The second-order valence-electron chi connectivity index (χ2n) is 9.86. The molecule has 3 heterocycles. The Morgan fingerprint density at radius 3 is 2.22 bits per heavy atom. The molecule has 4 N–H and O–H groups in total. The lowest BCUT2D eigenvalue weighted by atomic mass is 10.1. The van der Waals surface area contributed by atoms with Gasteiger partial charge in [-0.2, -0.15) is 0 Å². The molecule has 1 fully saturated rings. The van der Waals surface area contributed by atoms with Gasteiger partial charge < -0.3 is 35.1 Å². The quantitative estimate of drug-likeness (QED) is 0.195. The minimum absolute atomic E-state index is 0.0341. The van der Waals surface area contributed by atoms with Crippen LogP contribution in [0.1, 0.15) is 32.9 Å². The monoisotopic (exact) mass is 621 g/mol. The van der Waals surface area contributed by atoms with Gasteiger partial charge in [0.05, 0.1) is 11.4 Å². The molecular formula is C30H32BrN5O5. The minimum Gasteiger partial charge on any atom is -0.494 e. The number of aromatic nitrogens is 1. The fraction of sp³-hybridized carbons (Fsp3) is 0.267. The summed E-state index contributed by atoms with van der Waals surface area (Å²) in [6.45, 7) is 5.91. The first-order valence-corrected chi connectivity index (χ1v) is 14.2. The number of furan rings is 1. The van der Waals surface area contributed by atoms with Gasteiger partial charge in [0.15, 0.2) is 22.2 Å². The van der Waals surface area contributed by atoms with Gasteiger partial charge in [0, 0.05) is 62.7 Å². The van der Waals surface area contributed by atoms with Crippen LogP contribution < -0.4 is 20.4 Å². The van der Waals surface area contributed by atoms with E-state index in [0.29, 0.717) is 35.4 Å². The van der Waals surface area contributed by atoms with Gasteiger partial charge in [-0.05, 0) is 71.2 Å². The summed E-state index contributed by atoms with van der Waals surface area (Å²) in [7, 11) is 0. The highest BCUT2D eigenvalue weighted by atomic mass is 79.9. The van der Waals surface area contributed by atoms with Crippen LogP contribution in [-0.4, -0.2) is 59.3 Å². The maximum Gasteiger partial charge on any atom is 0.291 e. The molecule has 11 heteroatoms. The summed E-state index contributed by atoms with van der Waals surface area (Å²) in [6, 6.07) is 19.7. The van der Waals surface area contributed by atoms with Gasteiger partial charge in [-0.1, -0.05) is 18.2 Å². The second-order valence-corrected chi connectivity index (χ2v) is 10.6. The largest absolute Gasteiger partial charge is 0.494 e. The first-order chi connectivity index (χ1) is 19.8. The van der Waals surface area contributed by atoms with Crippen LogP contribution in [0.25, 0.3) is 0 Å². The molecule has 214 valence electrons. The van der Waals surface area contributed by atoms with E-state index < -0.39 is 5.91 Å². The summed E-state index contributed by atoms with van der Waals surface area (Å²) < 4.78 is 7.25. The van der Waals surface area contributed by atoms with Crippen LogP contribution in [-0.2, 0) is 6.54 Å². The molecule has 0 spiro atoms. The van der Waals surface area contributed by atoms with Crippen LogP contribution in [0.3, 0.4) is 0 Å². The Balaban J connectivity index is 1.29. The van der Waals surface area contributed by atoms with E-state index in [2.05, 4.69) is 55.4 Å².